The summed E-state index contributed by atoms with van der Waals surface area (Å²) in [7, 11) is -2.29. The van der Waals surface area contributed by atoms with Crippen LogP contribution in [-0.4, -0.2) is 26.7 Å². The van der Waals surface area contributed by atoms with Crippen molar-refractivity contribution in [2.24, 2.45) is 5.41 Å². The number of methoxy groups -OCH3 is 1. The Bertz CT molecular complexity index is 561. The maximum Gasteiger partial charge on any atom is 0.244 e. The molecule has 2 N–H and O–H groups in total. The van der Waals surface area contributed by atoms with Gasteiger partial charge in [-0.1, -0.05) is 26.8 Å². The zero-order valence-corrected chi connectivity index (χ0v) is 13.4. The highest BCUT2D eigenvalue weighted by atomic mass is 32.2. The number of rotatable bonds is 5. The second-order valence-electron chi connectivity index (χ2n) is 5.85. The minimum atomic E-state index is -3.70. The van der Waals surface area contributed by atoms with E-state index in [1.165, 1.54) is 13.2 Å². The first-order valence-electron chi connectivity index (χ1n) is 6.42. The Labute approximate surface area is 121 Å². The fraction of sp³-hybridized carbons (Fsp3) is 0.571. The molecule has 1 aromatic rings. The number of benzene rings is 1. The van der Waals surface area contributed by atoms with Gasteiger partial charge in [-0.05, 0) is 30.0 Å². The lowest BCUT2D eigenvalue weighted by molar-refractivity contribution is 0.281. The molecule has 5 nitrogen and oxygen atoms in total. The van der Waals surface area contributed by atoms with Crippen LogP contribution in [0, 0.1) is 5.41 Å². The van der Waals surface area contributed by atoms with Gasteiger partial charge in [0.2, 0.25) is 10.0 Å². The van der Waals surface area contributed by atoms with Crippen molar-refractivity contribution in [1.82, 2.24) is 4.72 Å². The van der Waals surface area contributed by atoms with Crippen molar-refractivity contribution in [1.29, 1.82) is 0 Å². The zero-order chi connectivity index (χ0) is 15.6. The molecular weight excluding hydrogens is 278 g/mol. The Morgan fingerprint density at radius 3 is 2.40 bits per heavy atom. The van der Waals surface area contributed by atoms with E-state index in [0.717, 1.165) is 0 Å². The molecule has 1 unspecified atom stereocenters. The van der Waals surface area contributed by atoms with Crippen LogP contribution in [0.15, 0.2) is 23.1 Å². The standard InChI is InChI=1S/C14H23NO4S/c1-10(14(2,3)4)15-20(17,18)13-8-11(9-16)6-7-12(13)19-5/h6-8,10,15-16H,9H2,1-5H3. The van der Waals surface area contributed by atoms with Gasteiger partial charge in [-0.15, -0.1) is 0 Å². The van der Waals surface area contributed by atoms with Gasteiger partial charge < -0.3 is 9.84 Å². The molecule has 6 heteroatoms. The first-order valence-corrected chi connectivity index (χ1v) is 7.90. The van der Waals surface area contributed by atoms with E-state index < -0.39 is 10.0 Å². The summed E-state index contributed by atoms with van der Waals surface area (Å²) in [5.41, 5.74) is 0.323. The molecule has 0 bridgehead atoms. The van der Waals surface area contributed by atoms with Crippen LogP contribution in [0.5, 0.6) is 5.75 Å². The third-order valence-corrected chi connectivity index (χ3v) is 4.89. The minimum absolute atomic E-state index is 0.0441. The number of hydrogen-bond donors (Lipinski definition) is 2. The van der Waals surface area contributed by atoms with E-state index in [9.17, 15) is 8.42 Å². The molecule has 0 aliphatic rings. The largest absolute Gasteiger partial charge is 0.495 e. The van der Waals surface area contributed by atoms with Crippen LogP contribution < -0.4 is 9.46 Å². The average Bonchev–Trinajstić information content (AvgIpc) is 2.36. The van der Waals surface area contributed by atoms with Gasteiger partial charge in [0.15, 0.2) is 0 Å². The van der Waals surface area contributed by atoms with Crippen LogP contribution in [0.25, 0.3) is 0 Å². The molecule has 1 atom stereocenters. The fourth-order valence-electron chi connectivity index (χ4n) is 1.50. The average molecular weight is 301 g/mol. The molecule has 0 radical (unpaired) electrons. The maximum atomic E-state index is 12.5. The molecule has 0 aromatic heterocycles. The van der Waals surface area contributed by atoms with Crippen LogP contribution in [-0.2, 0) is 16.6 Å². The summed E-state index contributed by atoms with van der Waals surface area (Å²) < 4.78 is 32.7. The van der Waals surface area contributed by atoms with Gasteiger partial charge in [0, 0.05) is 6.04 Å². The van der Waals surface area contributed by atoms with E-state index in [0.29, 0.717) is 5.56 Å². The molecule has 20 heavy (non-hydrogen) atoms. The van der Waals surface area contributed by atoms with E-state index in [1.54, 1.807) is 12.1 Å². The zero-order valence-electron chi connectivity index (χ0n) is 12.6. The summed E-state index contributed by atoms with van der Waals surface area (Å²) in [6.07, 6.45) is 0. The monoisotopic (exact) mass is 301 g/mol. The van der Waals surface area contributed by atoms with Gasteiger partial charge in [-0.2, -0.15) is 0 Å². The van der Waals surface area contributed by atoms with Crippen molar-refractivity contribution in [3.8, 4) is 5.75 Å². The molecule has 0 amide bonds. The molecule has 1 rings (SSSR count). The highest BCUT2D eigenvalue weighted by Crippen LogP contribution is 2.27. The molecule has 0 spiro atoms. The van der Waals surface area contributed by atoms with E-state index in [-0.39, 0.29) is 28.7 Å². The lowest BCUT2D eigenvalue weighted by atomic mass is 9.89. The van der Waals surface area contributed by atoms with Gasteiger partial charge in [-0.3, -0.25) is 0 Å². The smallest absolute Gasteiger partial charge is 0.244 e. The predicted molar refractivity (Wildman–Crippen MR) is 78.2 cm³/mol. The Hall–Kier alpha value is -1.11. The third kappa shape index (κ3) is 3.94. The second-order valence-corrected chi connectivity index (χ2v) is 7.53. The van der Waals surface area contributed by atoms with Crippen molar-refractivity contribution >= 4 is 10.0 Å². The van der Waals surface area contributed by atoms with Crippen LogP contribution >= 0.6 is 0 Å². The first-order chi connectivity index (χ1) is 9.11. The second kappa shape index (κ2) is 6.11. The SMILES string of the molecule is COc1ccc(CO)cc1S(=O)(=O)NC(C)C(C)(C)C. The number of aliphatic hydroxyl groups is 1. The number of aliphatic hydroxyl groups excluding tert-OH is 1. The summed E-state index contributed by atoms with van der Waals surface area (Å²) >= 11 is 0. The van der Waals surface area contributed by atoms with E-state index in [2.05, 4.69) is 4.72 Å². The van der Waals surface area contributed by atoms with Crippen LogP contribution in [0.1, 0.15) is 33.3 Å². The van der Waals surface area contributed by atoms with Crippen molar-refractivity contribution in [2.45, 2.75) is 45.2 Å². The molecule has 0 aliphatic carbocycles. The Morgan fingerprint density at radius 1 is 1.35 bits per heavy atom. The van der Waals surface area contributed by atoms with Gasteiger partial charge in [0.05, 0.1) is 13.7 Å². The normalized spacial score (nSPS) is 14.1. The predicted octanol–water partition coefficient (Wildman–Crippen LogP) is 1.90. The number of nitrogens with one attached hydrogen (secondary N) is 1. The van der Waals surface area contributed by atoms with Crippen LogP contribution in [0.3, 0.4) is 0 Å². The van der Waals surface area contributed by atoms with Gasteiger partial charge in [-0.25, -0.2) is 13.1 Å². The molecule has 0 saturated carbocycles. The van der Waals surface area contributed by atoms with Crippen LogP contribution in [0.4, 0.5) is 0 Å². The third-order valence-electron chi connectivity index (χ3n) is 3.33. The van der Waals surface area contributed by atoms with E-state index in [4.69, 9.17) is 9.84 Å². The van der Waals surface area contributed by atoms with Crippen molar-refractivity contribution < 1.29 is 18.3 Å². The lowest BCUT2D eigenvalue weighted by Gasteiger charge is -2.28. The summed E-state index contributed by atoms with van der Waals surface area (Å²) in [5, 5.41) is 9.15. The number of hydrogen-bond acceptors (Lipinski definition) is 4. The van der Waals surface area contributed by atoms with Gasteiger partial charge in [0.1, 0.15) is 10.6 Å². The Kier molecular flexibility index (Phi) is 5.18. The lowest BCUT2D eigenvalue weighted by Crippen LogP contribution is -2.41. The summed E-state index contributed by atoms with van der Waals surface area (Å²) in [6, 6.07) is 4.36. The fourth-order valence-corrected chi connectivity index (χ4v) is 3.17. The molecule has 0 fully saturated rings. The summed E-state index contributed by atoms with van der Waals surface area (Å²) in [6.45, 7) is 7.48. The van der Waals surface area contributed by atoms with Crippen molar-refractivity contribution in [3.63, 3.8) is 0 Å². The van der Waals surface area contributed by atoms with Crippen molar-refractivity contribution in [2.75, 3.05) is 7.11 Å². The quantitative estimate of drug-likeness (QED) is 0.871. The topological polar surface area (TPSA) is 75.6 Å². The highest BCUT2D eigenvalue weighted by Gasteiger charge is 2.28. The molecule has 114 valence electrons. The maximum absolute atomic E-state index is 12.5. The van der Waals surface area contributed by atoms with E-state index >= 15 is 0 Å². The van der Waals surface area contributed by atoms with Gasteiger partial charge in [0.25, 0.3) is 0 Å². The molecule has 0 saturated heterocycles. The Balaban J connectivity index is 3.21. The number of ether oxygens (including phenoxy) is 1. The first kappa shape index (κ1) is 16.9. The highest BCUT2D eigenvalue weighted by molar-refractivity contribution is 7.89. The summed E-state index contributed by atoms with van der Waals surface area (Å²) in [5.74, 6) is 0.260. The van der Waals surface area contributed by atoms with E-state index in [1.807, 2.05) is 27.7 Å². The van der Waals surface area contributed by atoms with Crippen LogP contribution in [0.2, 0.25) is 0 Å². The molecule has 0 aliphatic heterocycles. The molecular formula is C14H23NO4S. The Morgan fingerprint density at radius 2 is 1.95 bits per heavy atom. The molecule has 1 aromatic carbocycles. The number of sulfonamides is 1. The molecule has 0 heterocycles. The van der Waals surface area contributed by atoms with Gasteiger partial charge >= 0.3 is 0 Å². The van der Waals surface area contributed by atoms with Crippen molar-refractivity contribution in [3.05, 3.63) is 23.8 Å². The minimum Gasteiger partial charge on any atom is -0.495 e. The summed E-state index contributed by atoms with van der Waals surface area (Å²) in [4.78, 5) is 0.0441.